The maximum atomic E-state index is 6.27. The highest BCUT2D eigenvalue weighted by Gasteiger charge is 2.36. The molecule has 2 unspecified atom stereocenters. The molecule has 1 heterocycles. The van der Waals surface area contributed by atoms with E-state index in [1.807, 2.05) is 17.9 Å². The van der Waals surface area contributed by atoms with Crippen LogP contribution in [0.2, 0.25) is 0 Å². The highest BCUT2D eigenvalue weighted by atomic mass is 79.9. The molecule has 90 valence electrons. The van der Waals surface area contributed by atoms with Crippen LogP contribution in [0.5, 0.6) is 0 Å². The topological polar surface area (TPSA) is 43.8 Å². The third kappa shape index (κ3) is 2.18. The molecule has 0 aliphatic heterocycles. The van der Waals surface area contributed by atoms with Crippen molar-refractivity contribution in [2.45, 2.75) is 45.1 Å². The first-order valence-electron chi connectivity index (χ1n) is 5.84. The van der Waals surface area contributed by atoms with Crippen molar-refractivity contribution in [3.63, 3.8) is 0 Å². The third-order valence-corrected chi connectivity index (χ3v) is 4.34. The van der Waals surface area contributed by atoms with Crippen molar-refractivity contribution >= 4 is 15.9 Å². The van der Waals surface area contributed by atoms with Gasteiger partial charge in [0.15, 0.2) is 0 Å². The summed E-state index contributed by atoms with van der Waals surface area (Å²) in [6.07, 6.45) is 5.34. The van der Waals surface area contributed by atoms with Crippen LogP contribution in [-0.4, -0.2) is 15.8 Å². The summed E-state index contributed by atoms with van der Waals surface area (Å²) in [5, 5.41) is 4.29. The molecule has 1 aromatic rings. The fraction of sp³-hybridized carbons (Fsp3) is 0.750. The normalized spacial score (nSPS) is 29.3. The fourth-order valence-electron chi connectivity index (χ4n) is 2.74. The van der Waals surface area contributed by atoms with Crippen molar-refractivity contribution in [2.75, 3.05) is 0 Å². The van der Waals surface area contributed by atoms with E-state index in [2.05, 4.69) is 34.9 Å². The lowest BCUT2D eigenvalue weighted by atomic mass is 9.69. The molecule has 1 aliphatic rings. The molecule has 1 aromatic heterocycles. The molecular formula is C12H20BrN3. The number of halogens is 1. The zero-order valence-electron chi connectivity index (χ0n) is 10.2. The van der Waals surface area contributed by atoms with Gasteiger partial charge in [-0.3, -0.25) is 4.68 Å². The Kier molecular flexibility index (Phi) is 3.14. The molecule has 3 nitrogen and oxygen atoms in total. The summed E-state index contributed by atoms with van der Waals surface area (Å²) >= 11 is 3.58. The van der Waals surface area contributed by atoms with E-state index in [4.69, 9.17) is 5.73 Å². The molecule has 0 radical (unpaired) electrons. The minimum atomic E-state index is 0.264. The van der Waals surface area contributed by atoms with Crippen LogP contribution in [0.25, 0.3) is 0 Å². The second-order valence-electron chi connectivity index (χ2n) is 5.68. The maximum absolute atomic E-state index is 6.27. The second-order valence-corrected chi connectivity index (χ2v) is 6.53. The van der Waals surface area contributed by atoms with Crippen LogP contribution in [0.3, 0.4) is 0 Å². The number of aryl methyl sites for hydroxylation is 1. The average molecular weight is 286 g/mol. The molecule has 2 N–H and O–H groups in total. The number of nitrogens with zero attached hydrogens (tertiary/aromatic N) is 2. The molecule has 0 aromatic carbocycles. The molecule has 1 aliphatic carbocycles. The Morgan fingerprint density at radius 1 is 1.56 bits per heavy atom. The molecule has 4 heteroatoms. The van der Waals surface area contributed by atoms with Gasteiger partial charge in [0.2, 0.25) is 0 Å². The maximum Gasteiger partial charge on any atom is 0.0635 e. The van der Waals surface area contributed by atoms with E-state index >= 15 is 0 Å². The molecule has 1 saturated carbocycles. The van der Waals surface area contributed by atoms with E-state index in [0.29, 0.717) is 11.3 Å². The second kappa shape index (κ2) is 4.15. The SMILES string of the molecule is Cn1ncc(Br)c1C1CC(C)(C)CCC1N. The first-order chi connectivity index (χ1) is 7.41. The first kappa shape index (κ1) is 12.1. The van der Waals surface area contributed by atoms with Gasteiger partial charge in [-0.05, 0) is 40.6 Å². The molecule has 2 rings (SSSR count). The standard InChI is InChI=1S/C12H20BrN3/c1-12(2)5-4-10(14)8(6-12)11-9(13)7-15-16(11)3/h7-8,10H,4-6,14H2,1-3H3. The van der Waals surface area contributed by atoms with E-state index in [9.17, 15) is 0 Å². The number of hydrogen-bond acceptors (Lipinski definition) is 2. The monoisotopic (exact) mass is 285 g/mol. The zero-order valence-corrected chi connectivity index (χ0v) is 11.8. The zero-order chi connectivity index (χ0) is 11.9. The van der Waals surface area contributed by atoms with Gasteiger partial charge in [-0.15, -0.1) is 0 Å². The largest absolute Gasteiger partial charge is 0.327 e. The Hall–Kier alpha value is -0.350. The van der Waals surface area contributed by atoms with Crippen molar-refractivity contribution in [1.29, 1.82) is 0 Å². The molecule has 0 spiro atoms. The minimum absolute atomic E-state index is 0.264. The van der Waals surface area contributed by atoms with Crippen LogP contribution in [0, 0.1) is 5.41 Å². The van der Waals surface area contributed by atoms with Gasteiger partial charge in [-0.25, -0.2) is 0 Å². The minimum Gasteiger partial charge on any atom is -0.327 e. The number of hydrogen-bond donors (Lipinski definition) is 1. The Morgan fingerprint density at radius 2 is 2.25 bits per heavy atom. The predicted octanol–water partition coefficient (Wildman–Crippen LogP) is 2.80. The van der Waals surface area contributed by atoms with Gasteiger partial charge in [0.1, 0.15) is 0 Å². The van der Waals surface area contributed by atoms with E-state index in [0.717, 1.165) is 17.3 Å². The van der Waals surface area contributed by atoms with Crippen LogP contribution in [-0.2, 0) is 7.05 Å². The fourth-order valence-corrected chi connectivity index (χ4v) is 3.39. The highest BCUT2D eigenvalue weighted by Crippen LogP contribution is 2.44. The van der Waals surface area contributed by atoms with E-state index in [1.54, 1.807) is 0 Å². The van der Waals surface area contributed by atoms with Gasteiger partial charge in [0.25, 0.3) is 0 Å². The van der Waals surface area contributed by atoms with Crippen molar-refractivity contribution in [2.24, 2.45) is 18.2 Å². The van der Waals surface area contributed by atoms with Crippen molar-refractivity contribution in [1.82, 2.24) is 9.78 Å². The van der Waals surface area contributed by atoms with E-state index < -0.39 is 0 Å². The van der Waals surface area contributed by atoms with Crippen molar-refractivity contribution in [3.05, 3.63) is 16.4 Å². The Labute approximate surface area is 106 Å². The van der Waals surface area contributed by atoms with Crippen LogP contribution >= 0.6 is 15.9 Å². The lowest BCUT2D eigenvalue weighted by Gasteiger charge is -2.39. The number of nitrogens with two attached hydrogens (primary N) is 1. The molecule has 16 heavy (non-hydrogen) atoms. The Morgan fingerprint density at radius 3 is 2.81 bits per heavy atom. The first-order valence-corrected chi connectivity index (χ1v) is 6.63. The van der Waals surface area contributed by atoms with Crippen LogP contribution in [0.4, 0.5) is 0 Å². The summed E-state index contributed by atoms with van der Waals surface area (Å²) in [6, 6.07) is 0.264. The number of aromatic nitrogens is 2. The number of rotatable bonds is 1. The van der Waals surface area contributed by atoms with Gasteiger partial charge in [-0.1, -0.05) is 13.8 Å². The highest BCUT2D eigenvalue weighted by molar-refractivity contribution is 9.10. The van der Waals surface area contributed by atoms with Crippen molar-refractivity contribution < 1.29 is 0 Å². The van der Waals surface area contributed by atoms with Crippen LogP contribution in [0.15, 0.2) is 10.7 Å². The predicted molar refractivity (Wildman–Crippen MR) is 69.3 cm³/mol. The summed E-state index contributed by atoms with van der Waals surface area (Å²) in [7, 11) is 1.99. The van der Waals surface area contributed by atoms with Gasteiger partial charge in [0, 0.05) is 19.0 Å². The summed E-state index contributed by atoms with van der Waals surface area (Å²) in [6.45, 7) is 4.66. The van der Waals surface area contributed by atoms with Crippen LogP contribution in [0.1, 0.15) is 44.7 Å². The average Bonchev–Trinajstić information content (AvgIpc) is 2.51. The lowest BCUT2D eigenvalue weighted by molar-refractivity contribution is 0.193. The summed E-state index contributed by atoms with van der Waals surface area (Å²) in [5.74, 6) is 0.422. The quantitative estimate of drug-likeness (QED) is 0.862. The van der Waals surface area contributed by atoms with Gasteiger partial charge < -0.3 is 5.73 Å². The summed E-state index contributed by atoms with van der Waals surface area (Å²) in [4.78, 5) is 0. The van der Waals surface area contributed by atoms with Gasteiger partial charge in [-0.2, -0.15) is 5.10 Å². The summed E-state index contributed by atoms with van der Waals surface area (Å²) < 4.78 is 3.05. The van der Waals surface area contributed by atoms with Crippen LogP contribution < -0.4 is 5.73 Å². The molecule has 0 saturated heterocycles. The van der Waals surface area contributed by atoms with E-state index in [1.165, 1.54) is 12.1 Å². The van der Waals surface area contributed by atoms with Gasteiger partial charge in [0.05, 0.1) is 16.4 Å². The smallest absolute Gasteiger partial charge is 0.0635 e. The molecular weight excluding hydrogens is 266 g/mol. The molecule has 1 fully saturated rings. The van der Waals surface area contributed by atoms with E-state index in [-0.39, 0.29) is 6.04 Å². The van der Waals surface area contributed by atoms with Crippen molar-refractivity contribution in [3.8, 4) is 0 Å². The molecule has 2 atom stereocenters. The molecule has 0 bridgehead atoms. The third-order valence-electron chi connectivity index (χ3n) is 3.73. The summed E-state index contributed by atoms with van der Waals surface area (Å²) in [5.41, 5.74) is 7.91. The molecule has 0 amide bonds. The van der Waals surface area contributed by atoms with Gasteiger partial charge >= 0.3 is 0 Å². The Balaban J connectivity index is 2.32. The lowest BCUT2D eigenvalue weighted by Crippen LogP contribution is -2.38. The Bertz CT molecular complexity index is 364.